The minimum atomic E-state index is -0.623. The molecule has 44 valence electrons. The molecule has 4 nitrogen and oxygen atoms in total. The highest BCUT2D eigenvalue weighted by atomic mass is 17.1. The van der Waals surface area contributed by atoms with Gasteiger partial charge in [-0.2, -0.15) is 9.68 Å². The second-order valence-corrected chi connectivity index (χ2v) is 0.887. The van der Waals surface area contributed by atoms with Crippen molar-refractivity contribution in [2.45, 2.75) is 6.92 Å². The van der Waals surface area contributed by atoms with Crippen LogP contribution in [0.15, 0.2) is 0 Å². The minimum Gasteiger partial charge on any atom is -0.566 e. The van der Waals surface area contributed by atoms with E-state index in [0.29, 0.717) is 6.61 Å². The third kappa shape index (κ3) is 3.68. The summed E-state index contributed by atoms with van der Waals surface area (Å²) >= 11 is 0. The maximum Gasteiger partial charge on any atom is 0.108 e. The van der Waals surface area contributed by atoms with Gasteiger partial charge in [0.25, 0.3) is 0 Å². The predicted octanol–water partition coefficient (Wildman–Crippen LogP) is -1.12. The zero-order valence-corrected chi connectivity index (χ0v) is 4.43. The van der Waals surface area contributed by atoms with Gasteiger partial charge in [0.1, 0.15) is 6.61 Å². The molecular weight excluding hydrogens is 98.0 g/mol. The average molecular weight is 107 g/mol. The fourth-order valence-corrected chi connectivity index (χ4v) is 0.177. The molecule has 0 fully saturated rings. The van der Waals surface area contributed by atoms with Crippen LogP contribution in [0.4, 0.5) is 0 Å². The lowest BCUT2D eigenvalue weighted by Gasteiger charge is -2.12. The molecule has 0 radical (unpaired) electrons. The first-order valence-corrected chi connectivity index (χ1v) is 2.02. The van der Waals surface area contributed by atoms with Crippen LogP contribution in [-0.2, 0) is 9.68 Å². The Kier molecular flexibility index (Phi) is 3.92. The minimum absolute atomic E-state index is 0.368. The van der Waals surface area contributed by atoms with Gasteiger partial charge in [0.2, 0.25) is 0 Å². The highest BCUT2D eigenvalue weighted by molar-refractivity contribution is 3.92. The molecule has 0 saturated heterocycles. The quantitative estimate of drug-likeness (QED) is 0.465. The van der Waals surface area contributed by atoms with Gasteiger partial charge in [-0.15, -0.1) is 0 Å². The van der Waals surface area contributed by atoms with Crippen molar-refractivity contribution in [1.82, 2.24) is 0 Å². The van der Waals surface area contributed by atoms with Gasteiger partial charge in [0, 0.05) is 0 Å². The van der Waals surface area contributed by atoms with Crippen LogP contribution in [0.2, 0.25) is 0 Å². The average Bonchev–Trinajstić information content (AvgIpc) is 1.68. The molecule has 7 heavy (non-hydrogen) atoms. The highest BCUT2D eigenvalue weighted by Gasteiger charge is 1.86. The lowest BCUT2D eigenvalue weighted by molar-refractivity contribution is -1.20. The summed E-state index contributed by atoms with van der Waals surface area (Å²) in [6, 6.07) is 0. The summed E-state index contributed by atoms with van der Waals surface area (Å²) in [6.07, 6.45) is 0. The van der Waals surface area contributed by atoms with E-state index in [4.69, 9.17) is 0 Å². The van der Waals surface area contributed by atoms with E-state index in [2.05, 4.69) is 9.68 Å². The van der Waals surface area contributed by atoms with Gasteiger partial charge < -0.3 is 5.21 Å². The molecule has 0 amide bonds. The van der Waals surface area contributed by atoms with Crippen LogP contribution in [0, 0.1) is 5.21 Å². The third-order valence-corrected chi connectivity index (χ3v) is 0.429. The van der Waals surface area contributed by atoms with Crippen molar-refractivity contribution in [2.24, 2.45) is 0 Å². The monoisotopic (exact) mass is 107 g/mol. The van der Waals surface area contributed by atoms with E-state index >= 15 is 0 Å². The lowest BCUT2D eigenvalue weighted by Crippen LogP contribution is -3.04. The van der Waals surface area contributed by atoms with Crippen LogP contribution < -0.4 is 5.39 Å². The van der Waals surface area contributed by atoms with E-state index in [1.54, 1.807) is 6.92 Å². The Morgan fingerprint density at radius 1 is 1.71 bits per heavy atom. The largest absolute Gasteiger partial charge is 0.566 e. The van der Waals surface area contributed by atoms with E-state index < -0.39 is 5.39 Å². The molecule has 0 spiro atoms. The Bertz CT molecular complexity index is 41.2. The first-order chi connectivity index (χ1) is 3.31. The molecule has 1 N–H and O–H groups in total. The summed E-state index contributed by atoms with van der Waals surface area (Å²) in [5.41, 5.74) is 0. The van der Waals surface area contributed by atoms with E-state index in [0.717, 1.165) is 0 Å². The summed E-state index contributed by atoms with van der Waals surface area (Å²) in [4.78, 5) is 8.46. The van der Waals surface area contributed by atoms with Crippen LogP contribution in [0.1, 0.15) is 6.92 Å². The Hall–Kier alpha value is -0.160. The molecule has 1 atom stereocenters. The summed E-state index contributed by atoms with van der Waals surface area (Å²) in [5, 5.41) is 9.34. The molecule has 0 bridgehead atoms. The summed E-state index contributed by atoms with van der Waals surface area (Å²) in [7, 11) is 1.28. The van der Waals surface area contributed by atoms with Crippen LogP contribution in [-0.4, -0.2) is 13.7 Å². The van der Waals surface area contributed by atoms with Crippen molar-refractivity contribution < 1.29 is 15.1 Å². The number of quaternary nitrogens is 1. The van der Waals surface area contributed by atoms with Gasteiger partial charge >= 0.3 is 0 Å². The van der Waals surface area contributed by atoms with Crippen molar-refractivity contribution in [3.8, 4) is 0 Å². The van der Waals surface area contributed by atoms with Crippen molar-refractivity contribution in [3.63, 3.8) is 0 Å². The smallest absolute Gasteiger partial charge is 0.108 e. The first kappa shape index (κ1) is 6.84. The fraction of sp³-hybridized carbons (Fsp3) is 1.00. The van der Waals surface area contributed by atoms with Gasteiger partial charge in [0.05, 0.1) is 7.11 Å². The molecular formula is C3H9NO3. The summed E-state index contributed by atoms with van der Waals surface area (Å²) < 4.78 is 0. The van der Waals surface area contributed by atoms with E-state index in [9.17, 15) is 5.21 Å². The molecule has 1 unspecified atom stereocenters. The molecule has 4 heteroatoms. The van der Waals surface area contributed by atoms with Crippen LogP contribution in [0.5, 0.6) is 0 Å². The van der Waals surface area contributed by atoms with E-state index in [1.807, 2.05) is 0 Å². The second kappa shape index (κ2) is 4.01. The SMILES string of the molecule is CCO[NH+]([O-])OC. The molecule has 0 aromatic rings. The van der Waals surface area contributed by atoms with Gasteiger partial charge in [-0.1, -0.05) is 5.39 Å². The molecule has 0 aromatic heterocycles. The zero-order chi connectivity index (χ0) is 5.70. The molecule has 0 heterocycles. The van der Waals surface area contributed by atoms with E-state index in [-0.39, 0.29) is 0 Å². The van der Waals surface area contributed by atoms with Crippen LogP contribution in [0.25, 0.3) is 0 Å². The Labute approximate surface area is 42.1 Å². The maximum absolute atomic E-state index is 9.97. The van der Waals surface area contributed by atoms with Crippen LogP contribution >= 0.6 is 0 Å². The molecule has 0 rings (SSSR count). The first-order valence-electron chi connectivity index (χ1n) is 2.02. The van der Waals surface area contributed by atoms with Gasteiger partial charge in [-0.25, -0.2) is 0 Å². The normalized spacial score (nSPS) is 14.1. The Balaban J connectivity index is 2.83. The Morgan fingerprint density at radius 2 is 2.29 bits per heavy atom. The Morgan fingerprint density at radius 3 is 2.43 bits per heavy atom. The standard InChI is InChI=1S/C3H9NO3/c1-3-7-4(5)6-2/h4H,3H2,1-2H3. The van der Waals surface area contributed by atoms with Gasteiger partial charge in [0.15, 0.2) is 0 Å². The number of nitrogens with one attached hydrogen (secondary N) is 1. The second-order valence-electron chi connectivity index (χ2n) is 0.887. The topological polar surface area (TPSA) is 46.0 Å². The molecule has 0 aliphatic rings. The van der Waals surface area contributed by atoms with Gasteiger partial charge in [-0.3, -0.25) is 0 Å². The predicted molar refractivity (Wildman–Crippen MR) is 23.0 cm³/mol. The number of hydrogen-bond acceptors (Lipinski definition) is 3. The summed E-state index contributed by atoms with van der Waals surface area (Å²) in [5.74, 6) is 0. The van der Waals surface area contributed by atoms with Crippen molar-refractivity contribution in [1.29, 1.82) is 0 Å². The van der Waals surface area contributed by atoms with Crippen molar-refractivity contribution in [3.05, 3.63) is 5.21 Å². The molecule has 0 aliphatic carbocycles. The maximum atomic E-state index is 9.97. The number of hydrogen-bond donors (Lipinski definition) is 1. The fourth-order valence-electron chi connectivity index (χ4n) is 0.177. The summed E-state index contributed by atoms with van der Waals surface area (Å²) in [6.45, 7) is 2.09. The molecule has 0 aromatic carbocycles. The lowest BCUT2D eigenvalue weighted by atomic mass is 10.9. The molecule has 0 aliphatic heterocycles. The number of rotatable bonds is 3. The van der Waals surface area contributed by atoms with Gasteiger partial charge in [-0.05, 0) is 6.92 Å². The molecule has 0 saturated carbocycles. The van der Waals surface area contributed by atoms with Crippen molar-refractivity contribution in [2.75, 3.05) is 13.7 Å². The third-order valence-electron chi connectivity index (χ3n) is 0.429. The van der Waals surface area contributed by atoms with Crippen molar-refractivity contribution >= 4 is 0 Å². The highest BCUT2D eigenvalue weighted by Crippen LogP contribution is 1.51. The van der Waals surface area contributed by atoms with Crippen LogP contribution in [0.3, 0.4) is 0 Å². The van der Waals surface area contributed by atoms with E-state index in [1.165, 1.54) is 7.11 Å². The zero-order valence-electron chi connectivity index (χ0n) is 4.43.